The van der Waals surface area contributed by atoms with Crippen molar-refractivity contribution in [3.8, 4) is 11.5 Å². The van der Waals surface area contributed by atoms with Gasteiger partial charge < -0.3 is 14.6 Å². The molecule has 1 aliphatic heterocycles. The van der Waals surface area contributed by atoms with E-state index in [0.717, 1.165) is 87.3 Å². The third-order valence-corrected chi connectivity index (χ3v) is 23.1. The SMILES string of the molecule is Cc1c2c(cc3c1C(=O)C=C1C3(C)CCC3(C)C4CC(C)C(=O)CC4(C)CCC13C)OC1(C)C3=CCC4C(C)(CCC5(C)C6CC(C)C(=O)CC6(C)CCC45C)C3=CC(=O)C1(O)O2. The lowest BCUT2D eigenvalue weighted by Gasteiger charge is -2.71. The predicted octanol–water partition coefficient (Wildman–Crippen LogP) is 11.5. The molecule has 338 valence electrons. The first-order valence-corrected chi connectivity index (χ1v) is 24.8. The number of Topliss-reactive ketones (excluding diaryl/α,β-unsaturated/α-hetero) is 2. The van der Waals surface area contributed by atoms with E-state index >= 15 is 0 Å². The van der Waals surface area contributed by atoms with Crippen LogP contribution in [-0.2, 0) is 19.8 Å². The van der Waals surface area contributed by atoms with E-state index in [-0.39, 0.29) is 67.2 Å². The summed E-state index contributed by atoms with van der Waals surface area (Å²) >= 11 is 0. The lowest BCUT2D eigenvalue weighted by Crippen LogP contribution is -2.71. The van der Waals surface area contributed by atoms with Crippen LogP contribution in [-0.4, -0.2) is 39.6 Å². The Balaban J connectivity index is 0.975. The van der Waals surface area contributed by atoms with Crippen molar-refractivity contribution < 1.29 is 33.8 Å². The number of fused-ring (bicyclic) bond motifs is 17. The molecule has 9 aliphatic carbocycles. The molecule has 7 nitrogen and oxygen atoms in total. The van der Waals surface area contributed by atoms with Gasteiger partial charge in [0, 0.05) is 46.8 Å². The second-order valence-electron chi connectivity index (χ2n) is 25.7. The molecule has 1 aromatic carbocycles. The Bertz CT molecular complexity index is 2470. The van der Waals surface area contributed by atoms with Crippen molar-refractivity contribution in [1.82, 2.24) is 0 Å². The Morgan fingerprint density at radius 1 is 0.651 bits per heavy atom. The zero-order chi connectivity index (χ0) is 45.2. The first kappa shape index (κ1) is 42.3. The van der Waals surface area contributed by atoms with Crippen molar-refractivity contribution in [2.45, 2.75) is 183 Å². The van der Waals surface area contributed by atoms with Crippen molar-refractivity contribution in [2.75, 3.05) is 0 Å². The van der Waals surface area contributed by atoms with Gasteiger partial charge in [0.2, 0.25) is 11.4 Å². The molecule has 1 aromatic rings. The van der Waals surface area contributed by atoms with E-state index in [1.165, 1.54) is 5.57 Å². The van der Waals surface area contributed by atoms with Crippen LogP contribution in [0.25, 0.3) is 0 Å². The molecule has 1 N–H and O–H groups in total. The molecule has 0 bridgehead atoms. The van der Waals surface area contributed by atoms with E-state index in [0.29, 0.717) is 53.1 Å². The fourth-order valence-corrected chi connectivity index (χ4v) is 18.5. The molecule has 6 saturated carbocycles. The molecular formula is C56H72O7. The lowest BCUT2D eigenvalue weighted by molar-refractivity contribution is -0.234. The molecule has 0 saturated heterocycles. The van der Waals surface area contributed by atoms with Crippen molar-refractivity contribution in [3.05, 3.63) is 57.7 Å². The van der Waals surface area contributed by atoms with Crippen LogP contribution < -0.4 is 9.47 Å². The second kappa shape index (κ2) is 12.2. The van der Waals surface area contributed by atoms with Gasteiger partial charge in [-0.05, 0) is 175 Å². The number of hydrogen-bond acceptors (Lipinski definition) is 7. The van der Waals surface area contributed by atoms with E-state index in [1.54, 1.807) is 6.08 Å². The monoisotopic (exact) mass is 857 g/mol. The highest BCUT2D eigenvalue weighted by molar-refractivity contribution is 6.10. The van der Waals surface area contributed by atoms with Gasteiger partial charge in [-0.1, -0.05) is 75.3 Å². The molecule has 11 rings (SSSR count). The normalized spacial score (nSPS) is 51.6. The number of hydrogen-bond donors (Lipinski definition) is 1. The molecule has 0 radical (unpaired) electrons. The van der Waals surface area contributed by atoms with Gasteiger partial charge in [0.05, 0.1) is 0 Å². The molecular weight excluding hydrogens is 785 g/mol. The van der Waals surface area contributed by atoms with Gasteiger partial charge in [0.25, 0.3) is 0 Å². The van der Waals surface area contributed by atoms with Gasteiger partial charge in [-0.3, -0.25) is 19.2 Å². The lowest BCUT2D eigenvalue weighted by atomic mass is 9.33. The highest BCUT2D eigenvalue weighted by Crippen LogP contribution is 2.77. The fourth-order valence-electron chi connectivity index (χ4n) is 18.5. The van der Waals surface area contributed by atoms with Gasteiger partial charge in [0.1, 0.15) is 11.6 Å². The molecule has 1 heterocycles. The maximum Gasteiger partial charge on any atom is 0.317 e. The van der Waals surface area contributed by atoms with Crippen LogP contribution in [0.3, 0.4) is 0 Å². The molecule has 63 heavy (non-hydrogen) atoms. The predicted molar refractivity (Wildman–Crippen MR) is 242 cm³/mol. The molecule has 15 unspecified atom stereocenters. The van der Waals surface area contributed by atoms with E-state index in [2.05, 4.69) is 75.3 Å². The van der Waals surface area contributed by atoms with Crippen LogP contribution in [0.4, 0.5) is 0 Å². The Hall–Kier alpha value is -3.32. The summed E-state index contributed by atoms with van der Waals surface area (Å²) in [6.45, 7) is 27.3. The van der Waals surface area contributed by atoms with Crippen LogP contribution in [0.2, 0.25) is 0 Å². The summed E-state index contributed by atoms with van der Waals surface area (Å²) in [5.41, 5.74) is 2.55. The summed E-state index contributed by atoms with van der Waals surface area (Å²) in [6, 6.07) is 2.03. The van der Waals surface area contributed by atoms with E-state index in [9.17, 15) is 24.3 Å². The largest absolute Gasteiger partial charge is 0.471 e. The minimum absolute atomic E-state index is 0.0128. The molecule has 7 heteroatoms. The number of carbonyl (C=O) groups is 4. The number of ketones is 4. The number of benzene rings is 1. The standard InChI is InChI=1S/C56H72O7/c1-30-23-41-47(4,28-37(30)58)15-19-51(8)40-14-13-33-34(49(40,6)17-21-52(41,51)9)26-44(60)56(61)55(33,12)62-39-25-35-45(32(3)46(39)63-56)36(57)27-43-50(35,7)18-22-53(10)42-24-31(2)38(59)29-48(42,5)16-20-54(43,53)11/h13,25-27,30-31,40-42,61H,14-24,28-29H2,1-12H3. The van der Waals surface area contributed by atoms with Crippen LogP contribution >= 0.6 is 0 Å². The third-order valence-electron chi connectivity index (χ3n) is 23.1. The van der Waals surface area contributed by atoms with Crippen molar-refractivity contribution >= 4 is 23.1 Å². The fraction of sp³-hybridized carbons (Fsp3) is 0.714. The van der Waals surface area contributed by atoms with Crippen molar-refractivity contribution in [3.63, 3.8) is 0 Å². The Kier molecular flexibility index (Phi) is 8.17. The smallest absolute Gasteiger partial charge is 0.317 e. The second-order valence-corrected chi connectivity index (χ2v) is 25.7. The van der Waals surface area contributed by atoms with Gasteiger partial charge in [-0.15, -0.1) is 0 Å². The first-order valence-electron chi connectivity index (χ1n) is 24.8. The van der Waals surface area contributed by atoms with Gasteiger partial charge in [0.15, 0.2) is 17.3 Å². The Labute approximate surface area is 375 Å². The van der Waals surface area contributed by atoms with Crippen LogP contribution in [0.15, 0.2) is 41.0 Å². The zero-order valence-electron chi connectivity index (χ0n) is 40.3. The van der Waals surface area contributed by atoms with E-state index in [1.807, 2.05) is 26.0 Å². The minimum atomic E-state index is -2.32. The topological polar surface area (TPSA) is 107 Å². The molecule has 15 atom stereocenters. The summed E-state index contributed by atoms with van der Waals surface area (Å²) in [4.78, 5) is 55.7. The van der Waals surface area contributed by atoms with Crippen molar-refractivity contribution in [1.29, 1.82) is 0 Å². The average Bonchev–Trinajstić information content (AvgIpc) is 3.21. The molecule has 0 amide bonds. The third kappa shape index (κ3) is 4.68. The number of carbonyl (C=O) groups excluding carboxylic acids is 4. The summed E-state index contributed by atoms with van der Waals surface area (Å²) in [7, 11) is 0. The first-order chi connectivity index (χ1) is 29.2. The Morgan fingerprint density at radius 2 is 1.22 bits per heavy atom. The molecule has 6 fully saturated rings. The van der Waals surface area contributed by atoms with Crippen LogP contribution in [0.1, 0.15) is 181 Å². The average molecular weight is 857 g/mol. The number of ether oxygens (including phenoxy) is 2. The maximum atomic E-state index is 14.7. The van der Waals surface area contributed by atoms with E-state index < -0.39 is 22.6 Å². The maximum absolute atomic E-state index is 14.7. The summed E-state index contributed by atoms with van der Waals surface area (Å²) in [5.74, 6) is -0.0835. The summed E-state index contributed by atoms with van der Waals surface area (Å²) in [5, 5.41) is 12.7. The van der Waals surface area contributed by atoms with Gasteiger partial charge in [-0.2, -0.15) is 0 Å². The van der Waals surface area contributed by atoms with Crippen LogP contribution in [0.5, 0.6) is 11.5 Å². The number of rotatable bonds is 0. The number of aliphatic hydroxyl groups is 1. The highest BCUT2D eigenvalue weighted by Gasteiger charge is 2.73. The van der Waals surface area contributed by atoms with Gasteiger partial charge in [-0.25, -0.2) is 0 Å². The zero-order valence-corrected chi connectivity index (χ0v) is 40.3. The Morgan fingerprint density at radius 3 is 1.87 bits per heavy atom. The molecule has 0 spiro atoms. The van der Waals surface area contributed by atoms with Crippen LogP contribution in [0, 0.1) is 74.4 Å². The quantitative estimate of drug-likeness (QED) is 0.277. The highest BCUT2D eigenvalue weighted by atomic mass is 16.7. The number of allylic oxidation sites excluding steroid dienone is 3. The van der Waals surface area contributed by atoms with Crippen molar-refractivity contribution in [2.24, 2.45) is 67.5 Å². The molecule has 0 aromatic heterocycles. The summed E-state index contributed by atoms with van der Waals surface area (Å²) < 4.78 is 13.9. The molecule has 10 aliphatic rings. The van der Waals surface area contributed by atoms with E-state index in [4.69, 9.17) is 9.47 Å². The minimum Gasteiger partial charge on any atom is -0.471 e. The summed E-state index contributed by atoms with van der Waals surface area (Å²) in [6.07, 6.45) is 17.6. The van der Waals surface area contributed by atoms with Gasteiger partial charge >= 0.3 is 5.79 Å².